The molecular formula is C28H34FN5O7S. The number of aromatic nitrogens is 1. The summed E-state index contributed by atoms with van der Waals surface area (Å²) in [5.41, 5.74) is 1.17. The zero-order valence-corrected chi connectivity index (χ0v) is 24.7. The first kappa shape index (κ1) is 30.9. The molecule has 2 heterocycles. The van der Waals surface area contributed by atoms with Crippen LogP contribution in [0.1, 0.15) is 35.7 Å². The van der Waals surface area contributed by atoms with Crippen LogP contribution in [0.15, 0.2) is 51.9 Å². The molecule has 0 unspecified atom stereocenters. The summed E-state index contributed by atoms with van der Waals surface area (Å²) in [6.07, 6.45) is -0.793. The van der Waals surface area contributed by atoms with E-state index in [0.717, 1.165) is 16.4 Å². The number of aryl methyl sites for hydroxylation is 2. The molecule has 42 heavy (non-hydrogen) atoms. The van der Waals surface area contributed by atoms with Gasteiger partial charge >= 0.3 is 6.03 Å². The van der Waals surface area contributed by atoms with Gasteiger partial charge in [-0.1, -0.05) is 18.1 Å². The molecule has 1 aromatic heterocycles. The molecule has 3 atom stereocenters. The van der Waals surface area contributed by atoms with Gasteiger partial charge in [-0.3, -0.25) is 4.79 Å². The predicted octanol–water partition coefficient (Wildman–Crippen LogP) is 3.62. The summed E-state index contributed by atoms with van der Waals surface area (Å²) in [6.45, 7) is 6.56. The minimum atomic E-state index is -4.02. The molecule has 3 N–H and O–H groups in total. The number of nitrogens with zero attached hydrogens (tertiary/aromatic N) is 3. The number of urea groups is 1. The summed E-state index contributed by atoms with van der Waals surface area (Å²) in [4.78, 5) is 28.1. The number of hydrogen-bond acceptors (Lipinski definition) is 8. The average Bonchev–Trinajstić information content (AvgIpc) is 3.26. The van der Waals surface area contributed by atoms with Gasteiger partial charge in [0.2, 0.25) is 10.0 Å². The largest absolute Gasteiger partial charge is 0.486 e. The number of rotatable bonds is 8. The van der Waals surface area contributed by atoms with Crippen molar-refractivity contribution in [2.24, 2.45) is 5.92 Å². The van der Waals surface area contributed by atoms with Crippen LogP contribution in [0.5, 0.6) is 5.75 Å². The quantitative estimate of drug-likeness (QED) is 0.353. The third-order valence-electron chi connectivity index (χ3n) is 7.17. The van der Waals surface area contributed by atoms with E-state index in [2.05, 4.69) is 15.8 Å². The number of likely N-dealkylation sites (N-methyl/N-ethyl adjacent to an activating group) is 1. The van der Waals surface area contributed by atoms with Gasteiger partial charge in [0, 0.05) is 19.5 Å². The van der Waals surface area contributed by atoms with Crippen LogP contribution in [0.4, 0.5) is 20.6 Å². The van der Waals surface area contributed by atoms with Crippen molar-refractivity contribution in [2.45, 2.75) is 44.7 Å². The van der Waals surface area contributed by atoms with Crippen LogP contribution in [-0.4, -0.2) is 78.7 Å². The first-order valence-electron chi connectivity index (χ1n) is 13.3. The molecule has 2 aromatic carbocycles. The lowest BCUT2D eigenvalue weighted by Gasteiger charge is -2.38. The summed E-state index contributed by atoms with van der Waals surface area (Å²) >= 11 is 0. The molecule has 0 saturated heterocycles. The van der Waals surface area contributed by atoms with Gasteiger partial charge in [-0.05, 0) is 57.2 Å². The Balaban J connectivity index is 1.70. The van der Waals surface area contributed by atoms with Crippen molar-refractivity contribution >= 4 is 33.3 Å². The maximum atomic E-state index is 13.7. The van der Waals surface area contributed by atoms with E-state index in [0.29, 0.717) is 17.1 Å². The van der Waals surface area contributed by atoms with Gasteiger partial charge in [0.1, 0.15) is 23.3 Å². The standard InChI is InChI=1S/C28H34FN5O7S/c1-16-13-34(17(2)15-35)27(36)22-7-6-8-23(30-28(37)31-25-18(3)32-41-19(25)4)26(22)40-24(16)14-33(5)42(38,39)21-11-9-20(29)10-12-21/h6-12,16-17,24,35H,13-15H2,1-5H3,(H2,30,31,37)/t16-,17+,24-/m1/s1. The maximum absolute atomic E-state index is 13.7. The fourth-order valence-electron chi connectivity index (χ4n) is 4.63. The molecule has 3 amide bonds. The van der Waals surface area contributed by atoms with Gasteiger partial charge in [-0.15, -0.1) is 0 Å². The molecule has 1 aliphatic rings. The monoisotopic (exact) mass is 603 g/mol. The second-order valence-electron chi connectivity index (χ2n) is 10.3. The minimum absolute atomic E-state index is 0.0516. The molecule has 14 heteroatoms. The highest BCUT2D eigenvalue weighted by atomic mass is 32.2. The van der Waals surface area contributed by atoms with Crippen molar-refractivity contribution < 1.29 is 36.8 Å². The van der Waals surface area contributed by atoms with Crippen LogP contribution < -0.4 is 15.4 Å². The molecule has 0 bridgehead atoms. The molecule has 3 aromatic rings. The van der Waals surface area contributed by atoms with E-state index in [1.54, 1.807) is 39.8 Å². The fourth-order valence-corrected chi connectivity index (χ4v) is 5.81. The number of halogens is 1. The highest BCUT2D eigenvalue weighted by Crippen LogP contribution is 2.35. The number of para-hydroxylation sites is 1. The van der Waals surface area contributed by atoms with Crippen molar-refractivity contribution in [3.63, 3.8) is 0 Å². The zero-order valence-electron chi connectivity index (χ0n) is 23.9. The number of aliphatic hydroxyl groups excluding tert-OH is 1. The third kappa shape index (κ3) is 6.40. The van der Waals surface area contributed by atoms with Crippen LogP contribution in [0.25, 0.3) is 0 Å². The molecule has 12 nitrogen and oxygen atoms in total. The van der Waals surface area contributed by atoms with Crippen molar-refractivity contribution in [1.29, 1.82) is 0 Å². The SMILES string of the molecule is Cc1noc(C)c1NC(=O)Nc1cccc2c1O[C@H](CN(C)S(=O)(=O)c1ccc(F)cc1)[C@H](C)CN([C@@H](C)CO)C2=O. The Hall–Kier alpha value is -4.01. The van der Waals surface area contributed by atoms with Crippen LogP contribution in [-0.2, 0) is 10.0 Å². The van der Waals surface area contributed by atoms with Crippen molar-refractivity contribution in [1.82, 2.24) is 14.4 Å². The van der Waals surface area contributed by atoms with Gasteiger partial charge in [0.15, 0.2) is 11.5 Å². The van der Waals surface area contributed by atoms with Crippen LogP contribution in [0, 0.1) is 25.6 Å². The van der Waals surface area contributed by atoms with Crippen LogP contribution >= 0.6 is 0 Å². The van der Waals surface area contributed by atoms with Crippen molar-refractivity contribution in [3.05, 3.63) is 65.3 Å². The first-order chi connectivity index (χ1) is 19.8. The number of aliphatic hydroxyl groups is 1. The Kier molecular flexibility index (Phi) is 9.18. The van der Waals surface area contributed by atoms with E-state index >= 15 is 0 Å². The highest BCUT2D eigenvalue weighted by Gasteiger charge is 2.36. The summed E-state index contributed by atoms with van der Waals surface area (Å²) in [5, 5.41) is 19.1. The number of carbonyl (C=O) groups excluding carboxylic acids is 2. The van der Waals surface area contributed by atoms with Gasteiger partial charge < -0.3 is 29.9 Å². The van der Waals surface area contributed by atoms with E-state index in [-0.39, 0.29) is 41.6 Å². The summed E-state index contributed by atoms with van der Waals surface area (Å²) in [7, 11) is -2.63. The van der Waals surface area contributed by atoms with E-state index in [1.165, 1.54) is 30.1 Å². The van der Waals surface area contributed by atoms with E-state index in [4.69, 9.17) is 9.26 Å². The summed E-state index contributed by atoms with van der Waals surface area (Å²) in [5.74, 6) is -0.933. The van der Waals surface area contributed by atoms with Crippen LogP contribution in [0.3, 0.4) is 0 Å². The summed E-state index contributed by atoms with van der Waals surface area (Å²) in [6, 6.07) is 7.99. The lowest BCUT2D eigenvalue weighted by molar-refractivity contribution is 0.0389. The minimum Gasteiger partial charge on any atom is -0.486 e. The Labute approximate surface area is 243 Å². The molecule has 0 fully saturated rings. The maximum Gasteiger partial charge on any atom is 0.323 e. The number of anilines is 2. The molecule has 0 saturated carbocycles. The van der Waals surface area contributed by atoms with Gasteiger partial charge in [-0.25, -0.2) is 17.6 Å². The number of ether oxygens (including phenoxy) is 1. The van der Waals surface area contributed by atoms with Crippen molar-refractivity contribution in [3.8, 4) is 5.75 Å². The Morgan fingerprint density at radius 3 is 2.52 bits per heavy atom. The van der Waals surface area contributed by atoms with Gasteiger partial charge in [-0.2, -0.15) is 4.31 Å². The third-order valence-corrected chi connectivity index (χ3v) is 9.01. The fraction of sp³-hybridized carbons (Fsp3) is 0.393. The molecule has 0 radical (unpaired) electrons. The number of amides is 3. The van der Waals surface area contributed by atoms with E-state index in [1.807, 2.05) is 0 Å². The van der Waals surface area contributed by atoms with Gasteiger partial charge in [0.05, 0.1) is 35.3 Å². The van der Waals surface area contributed by atoms with E-state index in [9.17, 15) is 27.5 Å². The lowest BCUT2D eigenvalue weighted by Crippen LogP contribution is -2.50. The molecule has 1 aliphatic heterocycles. The lowest BCUT2D eigenvalue weighted by atomic mass is 9.99. The number of carbonyl (C=O) groups is 2. The molecule has 226 valence electrons. The number of hydrogen-bond donors (Lipinski definition) is 3. The zero-order chi connectivity index (χ0) is 30.8. The topological polar surface area (TPSA) is 154 Å². The first-order valence-corrected chi connectivity index (χ1v) is 14.7. The Morgan fingerprint density at radius 1 is 1.21 bits per heavy atom. The number of sulfonamides is 1. The predicted molar refractivity (Wildman–Crippen MR) is 152 cm³/mol. The number of fused-ring (bicyclic) bond motifs is 1. The highest BCUT2D eigenvalue weighted by molar-refractivity contribution is 7.89. The molecule has 0 aliphatic carbocycles. The number of nitrogens with one attached hydrogen (secondary N) is 2. The molecular weight excluding hydrogens is 569 g/mol. The Bertz CT molecular complexity index is 1540. The van der Waals surface area contributed by atoms with Crippen molar-refractivity contribution in [2.75, 3.05) is 37.4 Å². The Morgan fingerprint density at radius 2 is 1.90 bits per heavy atom. The smallest absolute Gasteiger partial charge is 0.323 e. The van der Waals surface area contributed by atoms with E-state index < -0.39 is 45.8 Å². The van der Waals surface area contributed by atoms with Crippen LogP contribution in [0.2, 0.25) is 0 Å². The average molecular weight is 604 g/mol. The van der Waals surface area contributed by atoms with Gasteiger partial charge in [0.25, 0.3) is 5.91 Å². The molecule has 0 spiro atoms. The number of benzene rings is 2. The second kappa shape index (κ2) is 12.5. The molecule has 4 rings (SSSR count). The summed E-state index contributed by atoms with van der Waals surface area (Å²) < 4.78 is 52.6. The second-order valence-corrected chi connectivity index (χ2v) is 12.4. The normalized spacial score (nSPS) is 18.1.